The maximum Gasteiger partial charge on any atom is 0.267 e. The molecule has 1 fully saturated rings. The van der Waals surface area contributed by atoms with E-state index in [4.69, 9.17) is 5.73 Å². The van der Waals surface area contributed by atoms with E-state index in [0.29, 0.717) is 41.7 Å². The number of hydrogen-bond donors (Lipinski definition) is 2. The predicted molar refractivity (Wildman–Crippen MR) is 108 cm³/mol. The van der Waals surface area contributed by atoms with Gasteiger partial charge in [-0.25, -0.2) is 9.50 Å². The largest absolute Gasteiger partial charge is 0.364 e. The fourth-order valence-corrected chi connectivity index (χ4v) is 4.18. The summed E-state index contributed by atoms with van der Waals surface area (Å²) >= 11 is 0. The zero-order valence-electron chi connectivity index (χ0n) is 16.4. The molecule has 150 valence electrons. The van der Waals surface area contributed by atoms with Crippen LogP contribution in [0.25, 0.3) is 16.8 Å². The van der Waals surface area contributed by atoms with E-state index in [9.17, 15) is 10.1 Å². The number of carbonyl (C=O) groups excluding carboxylic acids is 1. The number of nitriles is 1. The monoisotopic (exact) mass is 392 g/mol. The van der Waals surface area contributed by atoms with Crippen LogP contribution < -0.4 is 11.1 Å². The number of carbonyl (C=O) groups is 1. The fraction of sp³-hybridized carbons (Fsp3) is 0.450. The van der Waals surface area contributed by atoms with Gasteiger partial charge >= 0.3 is 0 Å². The quantitative estimate of drug-likeness (QED) is 0.636. The Kier molecular flexibility index (Phi) is 5.16. The number of fused-ring (bicyclic) bond motifs is 1. The highest BCUT2D eigenvalue weighted by Gasteiger charge is 2.27. The first-order chi connectivity index (χ1) is 14.1. The molecule has 3 heterocycles. The number of nitrogens with zero attached hydrogens (tertiary/aromatic N) is 6. The van der Waals surface area contributed by atoms with Crippen molar-refractivity contribution in [2.45, 2.75) is 45.1 Å². The van der Waals surface area contributed by atoms with E-state index in [2.05, 4.69) is 26.6 Å². The summed E-state index contributed by atoms with van der Waals surface area (Å²) in [5.74, 6) is 0.328. The van der Waals surface area contributed by atoms with Crippen LogP contribution in [0.1, 0.15) is 55.6 Å². The van der Waals surface area contributed by atoms with E-state index < -0.39 is 5.91 Å². The first-order valence-corrected chi connectivity index (χ1v) is 9.97. The average molecular weight is 392 g/mol. The number of primary amides is 1. The molecule has 3 aromatic heterocycles. The highest BCUT2D eigenvalue weighted by atomic mass is 16.1. The van der Waals surface area contributed by atoms with Crippen LogP contribution in [0.5, 0.6) is 0 Å². The number of anilines is 1. The van der Waals surface area contributed by atoms with Crippen LogP contribution in [0.15, 0.2) is 24.5 Å². The van der Waals surface area contributed by atoms with Gasteiger partial charge in [0.05, 0.1) is 30.2 Å². The summed E-state index contributed by atoms with van der Waals surface area (Å²) in [6.07, 6.45) is 8.81. The van der Waals surface area contributed by atoms with Gasteiger partial charge in [-0.2, -0.15) is 10.4 Å². The van der Waals surface area contributed by atoms with Crippen LogP contribution in [0.4, 0.5) is 5.95 Å². The Bertz CT molecular complexity index is 1070. The van der Waals surface area contributed by atoms with E-state index in [1.807, 2.05) is 17.8 Å². The Morgan fingerprint density at radius 3 is 2.90 bits per heavy atom. The minimum Gasteiger partial charge on any atom is -0.364 e. The molecule has 9 nitrogen and oxygen atoms in total. The summed E-state index contributed by atoms with van der Waals surface area (Å²) < 4.78 is 3.42. The molecular formula is C20H24N8O. The Balaban J connectivity index is 1.78. The molecule has 4 rings (SSSR count). The zero-order chi connectivity index (χ0) is 20.4. The van der Waals surface area contributed by atoms with Crippen LogP contribution in [0.3, 0.4) is 0 Å². The minimum atomic E-state index is -0.553. The Hall–Kier alpha value is -3.41. The van der Waals surface area contributed by atoms with Crippen LogP contribution >= 0.6 is 0 Å². The van der Waals surface area contributed by atoms with Gasteiger partial charge in [-0.3, -0.25) is 9.48 Å². The Morgan fingerprint density at radius 2 is 2.21 bits per heavy atom. The van der Waals surface area contributed by atoms with Gasteiger partial charge in [-0.05, 0) is 37.8 Å². The van der Waals surface area contributed by atoms with Crippen molar-refractivity contribution in [3.8, 4) is 17.3 Å². The van der Waals surface area contributed by atoms with Crippen molar-refractivity contribution in [3.05, 3.63) is 30.2 Å². The summed E-state index contributed by atoms with van der Waals surface area (Å²) in [7, 11) is 0. The molecule has 0 aliphatic heterocycles. The summed E-state index contributed by atoms with van der Waals surface area (Å²) in [5.41, 5.74) is 7.95. The van der Waals surface area contributed by atoms with Crippen LogP contribution in [-0.2, 0) is 0 Å². The lowest BCUT2D eigenvalue weighted by Crippen LogP contribution is -2.17. The predicted octanol–water partition coefficient (Wildman–Crippen LogP) is 2.77. The van der Waals surface area contributed by atoms with E-state index in [0.717, 1.165) is 18.4 Å². The number of amides is 1. The van der Waals surface area contributed by atoms with Crippen LogP contribution in [0.2, 0.25) is 0 Å². The van der Waals surface area contributed by atoms with Crippen LogP contribution in [-0.4, -0.2) is 36.8 Å². The molecule has 1 amide bonds. The molecule has 0 aromatic carbocycles. The van der Waals surface area contributed by atoms with Crippen molar-refractivity contribution in [2.24, 2.45) is 11.7 Å². The zero-order valence-corrected chi connectivity index (χ0v) is 16.4. The number of hydrogen-bond acceptors (Lipinski definition) is 6. The lowest BCUT2D eigenvalue weighted by Gasteiger charge is -2.21. The summed E-state index contributed by atoms with van der Waals surface area (Å²) in [6.45, 7) is 2.59. The SMILES string of the molecule is CCNc1nc(-c2cnn(C(CC#N)C3CCCC3)c2)c2ccc(C(N)=O)n2n1. The molecule has 0 bridgehead atoms. The third-order valence-corrected chi connectivity index (χ3v) is 5.56. The highest BCUT2D eigenvalue weighted by molar-refractivity contribution is 5.93. The first-order valence-electron chi connectivity index (χ1n) is 9.97. The van der Waals surface area contributed by atoms with Gasteiger partial charge in [0.25, 0.3) is 5.91 Å². The van der Waals surface area contributed by atoms with Gasteiger partial charge in [-0.15, -0.1) is 5.10 Å². The van der Waals surface area contributed by atoms with E-state index in [1.165, 1.54) is 17.4 Å². The molecule has 3 aromatic rings. The molecule has 3 N–H and O–H groups in total. The molecule has 0 spiro atoms. The second-order valence-electron chi connectivity index (χ2n) is 7.38. The van der Waals surface area contributed by atoms with Gasteiger partial charge in [0.2, 0.25) is 5.95 Å². The number of aromatic nitrogens is 5. The molecule has 0 radical (unpaired) electrons. The summed E-state index contributed by atoms with van der Waals surface area (Å²) in [6, 6.07) is 5.81. The van der Waals surface area contributed by atoms with Gasteiger partial charge in [0, 0.05) is 18.3 Å². The Morgan fingerprint density at radius 1 is 1.41 bits per heavy atom. The summed E-state index contributed by atoms with van der Waals surface area (Å²) in [4.78, 5) is 16.4. The van der Waals surface area contributed by atoms with Crippen LogP contribution in [0, 0.1) is 17.2 Å². The van der Waals surface area contributed by atoms with Gasteiger partial charge < -0.3 is 11.1 Å². The van der Waals surface area contributed by atoms with Crippen molar-refractivity contribution < 1.29 is 4.79 Å². The van der Waals surface area contributed by atoms with E-state index >= 15 is 0 Å². The second-order valence-corrected chi connectivity index (χ2v) is 7.38. The molecule has 1 aliphatic carbocycles. The third-order valence-electron chi connectivity index (χ3n) is 5.56. The second kappa shape index (κ2) is 7.91. The standard InChI is InChI=1S/C20H24N8O/c1-2-23-20-25-18(16-7-8-17(19(22)29)28(16)26-20)14-11-24-27(12-14)15(9-10-21)13-5-3-4-6-13/h7-8,11-13,15H,2-6,9H2,1H3,(H2,22,29)(H,23,26). The van der Waals surface area contributed by atoms with Crippen molar-refractivity contribution in [3.63, 3.8) is 0 Å². The van der Waals surface area contributed by atoms with Crippen molar-refractivity contribution in [2.75, 3.05) is 11.9 Å². The molecule has 1 atom stereocenters. The smallest absolute Gasteiger partial charge is 0.267 e. The molecule has 9 heteroatoms. The van der Waals surface area contributed by atoms with Gasteiger partial charge in [0.1, 0.15) is 11.4 Å². The third kappa shape index (κ3) is 3.53. The minimum absolute atomic E-state index is 0.0651. The Labute approximate surface area is 168 Å². The van der Waals surface area contributed by atoms with Gasteiger partial charge in [0.15, 0.2) is 0 Å². The fourth-order valence-electron chi connectivity index (χ4n) is 4.18. The van der Waals surface area contributed by atoms with Crippen molar-refractivity contribution in [1.29, 1.82) is 5.26 Å². The normalized spacial score (nSPS) is 15.4. The number of nitrogens with two attached hydrogens (primary N) is 1. The molecule has 29 heavy (non-hydrogen) atoms. The molecule has 1 aliphatic rings. The van der Waals surface area contributed by atoms with E-state index in [-0.39, 0.29) is 6.04 Å². The highest BCUT2D eigenvalue weighted by Crippen LogP contribution is 2.36. The first kappa shape index (κ1) is 18.9. The maximum atomic E-state index is 11.8. The maximum absolute atomic E-state index is 11.8. The molecular weight excluding hydrogens is 368 g/mol. The molecule has 1 saturated carbocycles. The molecule has 1 unspecified atom stereocenters. The molecule has 0 saturated heterocycles. The topological polar surface area (TPSA) is 127 Å². The lowest BCUT2D eigenvalue weighted by atomic mass is 9.96. The van der Waals surface area contributed by atoms with Crippen molar-refractivity contribution in [1.82, 2.24) is 24.4 Å². The average Bonchev–Trinajstić information content (AvgIpc) is 3.46. The number of rotatable bonds is 7. The summed E-state index contributed by atoms with van der Waals surface area (Å²) in [5, 5.41) is 21.4. The lowest BCUT2D eigenvalue weighted by molar-refractivity contribution is 0.0994. The van der Waals surface area contributed by atoms with E-state index in [1.54, 1.807) is 18.3 Å². The van der Waals surface area contributed by atoms with Crippen molar-refractivity contribution >= 4 is 17.4 Å². The van der Waals surface area contributed by atoms with Gasteiger partial charge in [-0.1, -0.05) is 12.8 Å². The number of nitrogens with one attached hydrogen (secondary N) is 1.